The summed E-state index contributed by atoms with van der Waals surface area (Å²) in [6.07, 6.45) is -1.31. The second kappa shape index (κ2) is 12.3. The number of esters is 1. The normalized spacial score (nSPS) is 17.2. The Labute approximate surface area is 240 Å². The van der Waals surface area contributed by atoms with Crippen LogP contribution in [0.1, 0.15) is 25.1 Å². The number of nitrogens with one attached hydrogen (secondary N) is 1. The first-order chi connectivity index (χ1) is 19.5. The van der Waals surface area contributed by atoms with Crippen LogP contribution in [-0.4, -0.2) is 81.1 Å². The van der Waals surface area contributed by atoms with Crippen molar-refractivity contribution in [2.75, 3.05) is 12.3 Å². The molecule has 0 aliphatic carbocycles. The summed E-state index contributed by atoms with van der Waals surface area (Å²) in [5.74, 6) is -3.35. The quantitative estimate of drug-likeness (QED) is 0.0573. The summed E-state index contributed by atoms with van der Waals surface area (Å²) in [6, 6.07) is 2.05. The summed E-state index contributed by atoms with van der Waals surface area (Å²) < 4.78 is 42.2. The van der Waals surface area contributed by atoms with Crippen LogP contribution in [0, 0.1) is 10.1 Å². The van der Waals surface area contributed by atoms with Gasteiger partial charge in [0.2, 0.25) is 5.60 Å². The van der Waals surface area contributed by atoms with E-state index in [1.807, 2.05) is 0 Å². The van der Waals surface area contributed by atoms with Crippen molar-refractivity contribution >= 4 is 62.0 Å². The van der Waals surface area contributed by atoms with E-state index in [0.717, 1.165) is 11.3 Å². The van der Waals surface area contributed by atoms with Gasteiger partial charge in [-0.1, -0.05) is 5.16 Å². The zero-order chi connectivity index (χ0) is 31.4. The molecule has 1 aliphatic rings. The minimum atomic E-state index is -5.08. The van der Waals surface area contributed by atoms with E-state index in [9.17, 15) is 42.3 Å². The summed E-state index contributed by atoms with van der Waals surface area (Å²) in [7, 11) is -5.08. The van der Waals surface area contributed by atoms with Gasteiger partial charge >= 0.3 is 22.4 Å². The fourth-order valence-electron chi connectivity index (χ4n) is 3.34. The number of anilines is 1. The molecule has 226 valence electrons. The monoisotopic (exact) mass is 629 g/mol. The van der Waals surface area contributed by atoms with E-state index in [1.54, 1.807) is 0 Å². The van der Waals surface area contributed by atoms with E-state index >= 15 is 0 Å². The van der Waals surface area contributed by atoms with Gasteiger partial charge in [0.1, 0.15) is 31.0 Å². The number of amides is 3. The number of nitrogens with two attached hydrogens (primary N) is 2. The molecular weight excluding hydrogens is 606 g/mol. The number of rotatable bonds is 12. The van der Waals surface area contributed by atoms with Gasteiger partial charge in [-0.15, -0.1) is 11.3 Å². The third kappa shape index (κ3) is 7.44. The molecule has 2 atom stereocenters. The SMILES string of the molecule is CC(C)(O/N=C(\C(=O)N[C@@H]1C(=O)N(S(=O)(=O)O)[C@@H]1COC(N)=O)c1csc(N)n1)C(=O)OCc1ccc([N+](=O)[O-])cc1. The predicted molar refractivity (Wildman–Crippen MR) is 141 cm³/mol. The molecular formula is C21H23N7O12S2. The van der Waals surface area contributed by atoms with Crippen molar-refractivity contribution in [3.63, 3.8) is 0 Å². The van der Waals surface area contributed by atoms with Crippen LogP contribution < -0.4 is 16.8 Å². The average Bonchev–Trinajstić information content (AvgIpc) is 3.32. The van der Waals surface area contributed by atoms with Gasteiger partial charge in [0, 0.05) is 17.5 Å². The minimum absolute atomic E-state index is 0.0114. The number of carbonyl (C=O) groups is 4. The summed E-state index contributed by atoms with van der Waals surface area (Å²) in [6.45, 7) is 1.45. The van der Waals surface area contributed by atoms with Gasteiger partial charge < -0.3 is 31.1 Å². The zero-order valence-corrected chi connectivity index (χ0v) is 23.3. The number of ether oxygens (including phenoxy) is 2. The van der Waals surface area contributed by atoms with Crippen molar-refractivity contribution in [2.45, 2.75) is 38.1 Å². The predicted octanol–water partition coefficient (Wildman–Crippen LogP) is -0.530. The molecule has 0 saturated carbocycles. The molecule has 2 aromatic rings. The largest absolute Gasteiger partial charge is 0.458 e. The summed E-state index contributed by atoms with van der Waals surface area (Å²) in [4.78, 5) is 68.6. The number of aromatic nitrogens is 1. The Kier molecular flexibility index (Phi) is 9.28. The van der Waals surface area contributed by atoms with E-state index in [-0.39, 0.29) is 27.4 Å². The molecule has 6 N–H and O–H groups in total. The highest BCUT2D eigenvalue weighted by molar-refractivity contribution is 7.84. The Hall–Kier alpha value is -4.89. The average molecular weight is 630 g/mol. The van der Waals surface area contributed by atoms with Crippen LogP contribution in [0.25, 0.3) is 0 Å². The Morgan fingerprint density at radius 1 is 1.26 bits per heavy atom. The number of nitrogen functional groups attached to an aromatic ring is 1. The van der Waals surface area contributed by atoms with Crippen molar-refractivity contribution in [1.29, 1.82) is 0 Å². The third-order valence-corrected chi connectivity index (χ3v) is 7.08. The molecule has 2 heterocycles. The molecule has 1 aromatic heterocycles. The number of carbonyl (C=O) groups excluding carboxylic acids is 4. The third-order valence-electron chi connectivity index (χ3n) is 5.45. The first kappa shape index (κ1) is 31.6. The van der Waals surface area contributed by atoms with Crippen LogP contribution in [0.5, 0.6) is 0 Å². The molecule has 1 saturated heterocycles. The number of β-lactam (4-membered cyclic amide) rings is 1. The lowest BCUT2D eigenvalue weighted by Gasteiger charge is -2.43. The Bertz CT molecular complexity index is 1540. The molecule has 0 radical (unpaired) electrons. The van der Waals surface area contributed by atoms with Crippen LogP contribution in [0.2, 0.25) is 0 Å². The molecule has 0 unspecified atom stereocenters. The molecule has 1 fully saturated rings. The topological polar surface area (TPSA) is 286 Å². The van der Waals surface area contributed by atoms with Crippen molar-refractivity contribution < 1.29 is 51.4 Å². The van der Waals surface area contributed by atoms with E-state index in [4.69, 9.17) is 21.0 Å². The van der Waals surface area contributed by atoms with Gasteiger partial charge in [0.25, 0.3) is 17.5 Å². The smallest absolute Gasteiger partial charge is 0.404 e. The van der Waals surface area contributed by atoms with E-state index in [1.165, 1.54) is 43.5 Å². The number of nitro groups is 1. The molecule has 0 bridgehead atoms. The van der Waals surface area contributed by atoms with Crippen LogP contribution in [0.4, 0.5) is 15.6 Å². The summed E-state index contributed by atoms with van der Waals surface area (Å²) in [5, 5.41) is 18.0. The van der Waals surface area contributed by atoms with Gasteiger partial charge in [-0.3, -0.25) is 24.3 Å². The molecule has 21 heteroatoms. The van der Waals surface area contributed by atoms with Gasteiger partial charge in [0.05, 0.1) is 4.92 Å². The maximum atomic E-state index is 13.1. The van der Waals surface area contributed by atoms with Crippen LogP contribution in [-0.2, 0) is 45.6 Å². The number of nitrogens with zero attached hydrogens (tertiary/aromatic N) is 4. The number of nitro benzene ring substituents is 1. The number of thiazole rings is 1. The number of benzene rings is 1. The van der Waals surface area contributed by atoms with E-state index in [2.05, 4.69) is 20.2 Å². The second-order valence-corrected chi connectivity index (χ2v) is 11.1. The second-order valence-electron chi connectivity index (χ2n) is 8.87. The Balaban J connectivity index is 1.77. The lowest BCUT2D eigenvalue weighted by atomic mass is 9.99. The summed E-state index contributed by atoms with van der Waals surface area (Å²) >= 11 is 0.911. The minimum Gasteiger partial charge on any atom is -0.458 e. The molecule has 19 nitrogen and oxygen atoms in total. The number of hydrogen-bond donors (Lipinski definition) is 4. The Morgan fingerprint density at radius 3 is 2.43 bits per heavy atom. The van der Waals surface area contributed by atoms with Gasteiger partial charge in [-0.2, -0.15) is 8.42 Å². The number of oxime groups is 1. The molecule has 1 aromatic carbocycles. The van der Waals surface area contributed by atoms with Crippen molar-refractivity contribution in [3.05, 3.63) is 51.0 Å². The number of primary amides is 1. The lowest BCUT2D eigenvalue weighted by Crippen LogP contribution is -2.73. The highest BCUT2D eigenvalue weighted by atomic mass is 32.2. The number of non-ortho nitro benzene ring substituents is 1. The van der Waals surface area contributed by atoms with Crippen molar-refractivity contribution in [3.8, 4) is 0 Å². The Morgan fingerprint density at radius 2 is 1.90 bits per heavy atom. The van der Waals surface area contributed by atoms with Crippen LogP contribution in [0.3, 0.4) is 0 Å². The zero-order valence-electron chi connectivity index (χ0n) is 21.7. The molecule has 1 aliphatic heterocycles. The fraction of sp³-hybridized carbons (Fsp3) is 0.333. The molecule has 3 rings (SSSR count). The maximum Gasteiger partial charge on any atom is 0.404 e. The maximum absolute atomic E-state index is 13.1. The first-order valence-corrected chi connectivity index (χ1v) is 13.7. The van der Waals surface area contributed by atoms with Crippen LogP contribution >= 0.6 is 11.3 Å². The molecule has 0 spiro atoms. The van der Waals surface area contributed by atoms with E-state index < -0.39 is 69.1 Å². The highest BCUT2D eigenvalue weighted by Gasteiger charge is 2.55. The first-order valence-electron chi connectivity index (χ1n) is 11.4. The highest BCUT2D eigenvalue weighted by Crippen LogP contribution is 2.25. The molecule has 42 heavy (non-hydrogen) atoms. The molecule has 3 amide bonds. The number of hydrogen-bond acceptors (Lipinski definition) is 15. The van der Waals surface area contributed by atoms with Gasteiger partial charge in [-0.25, -0.2) is 18.9 Å². The van der Waals surface area contributed by atoms with E-state index in [0.29, 0.717) is 5.56 Å². The lowest BCUT2D eigenvalue weighted by molar-refractivity contribution is -0.384. The standard InChI is InChI=1S/C21H23N7O12S2/c1-21(2,18(31)38-7-10-3-5-11(6-4-10)28(33)34)40-26-14(12-9-41-19(22)24-12)16(29)25-15-13(8-39-20(23)32)27(17(15)30)42(35,36)37/h3-6,9,13,15H,7-8H2,1-2H3,(H2,22,24)(H2,23,32)(H,25,29)(H,35,36,37)/b26-14-/t13-,15+/m1/s1. The van der Waals surface area contributed by atoms with Crippen molar-refractivity contribution in [1.82, 2.24) is 14.6 Å². The van der Waals surface area contributed by atoms with Crippen molar-refractivity contribution in [2.24, 2.45) is 10.9 Å². The summed E-state index contributed by atoms with van der Waals surface area (Å²) in [5.41, 5.74) is 8.25. The van der Waals surface area contributed by atoms with Crippen LogP contribution in [0.15, 0.2) is 34.8 Å². The van der Waals surface area contributed by atoms with Gasteiger partial charge in [-0.05, 0) is 31.5 Å². The van der Waals surface area contributed by atoms with Gasteiger partial charge in [0.15, 0.2) is 10.8 Å². The fourth-order valence-corrected chi connectivity index (χ4v) is 4.75.